The molecule has 0 aliphatic rings. The SMILES string of the molecule is c1ccc(-c2ccc(N(c3ccc4cc(-c5ccc6ccc(-c7ccccc7)cc6c5)ccc4c3)c3cccc4sc5ccccc5c34)cc2)cc1. The lowest BCUT2D eigenvalue weighted by Gasteiger charge is -2.27. The molecule has 0 fully saturated rings. The number of rotatable bonds is 6. The Morgan fingerprint density at radius 3 is 1.54 bits per heavy atom. The van der Waals surface area contributed by atoms with Crippen LogP contribution in [0.15, 0.2) is 200 Å². The minimum atomic E-state index is 1.13. The molecule has 0 atom stereocenters. The topological polar surface area (TPSA) is 3.24 Å². The van der Waals surface area contributed by atoms with E-state index in [2.05, 4.69) is 205 Å². The highest BCUT2D eigenvalue weighted by Crippen LogP contribution is 2.45. The maximum Gasteiger partial charge on any atom is 0.0554 e. The van der Waals surface area contributed by atoms with Crippen molar-refractivity contribution < 1.29 is 0 Å². The van der Waals surface area contributed by atoms with E-state index in [-0.39, 0.29) is 0 Å². The van der Waals surface area contributed by atoms with E-state index in [9.17, 15) is 0 Å². The predicted octanol–water partition coefficient (Wildman–Crippen LogP) is 14.8. The molecule has 0 radical (unpaired) electrons. The Bertz CT molecular complexity index is 2890. The fraction of sp³-hybridized carbons (Fsp3) is 0. The van der Waals surface area contributed by atoms with Gasteiger partial charge in [0.15, 0.2) is 0 Å². The summed E-state index contributed by atoms with van der Waals surface area (Å²) in [5.74, 6) is 0. The summed E-state index contributed by atoms with van der Waals surface area (Å²) in [5.41, 5.74) is 10.8. The van der Waals surface area contributed by atoms with Crippen molar-refractivity contribution in [2.75, 3.05) is 4.90 Å². The lowest BCUT2D eigenvalue weighted by atomic mass is 9.96. The summed E-state index contributed by atoms with van der Waals surface area (Å²) < 4.78 is 2.60. The molecule has 244 valence electrons. The maximum atomic E-state index is 2.43. The number of anilines is 3. The molecule has 0 aliphatic carbocycles. The van der Waals surface area contributed by atoms with E-state index >= 15 is 0 Å². The molecule has 0 saturated heterocycles. The largest absolute Gasteiger partial charge is 0.310 e. The Balaban J connectivity index is 1.07. The van der Waals surface area contributed by atoms with Crippen LogP contribution < -0.4 is 4.90 Å². The Morgan fingerprint density at radius 1 is 0.308 bits per heavy atom. The summed E-state index contributed by atoms with van der Waals surface area (Å²) in [6.07, 6.45) is 0. The monoisotopic (exact) mass is 679 g/mol. The van der Waals surface area contributed by atoms with Crippen LogP contribution in [0.25, 0.3) is 75.1 Å². The highest BCUT2D eigenvalue weighted by Gasteiger charge is 2.19. The predicted molar refractivity (Wildman–Crippen MR) is 225 cm³/mol. The van der Waals surface area contributed by atoms with Crippen LogP contribution in [0.1, 0.15) is 0 Å². The van der Waals surface area contributed by atoms with Crippen LogP contribution in [0.5, 0.6) is 0 Å². The summed E-state index contributed by atoms with van der Waals surface area (Å²) in [4.78, 5) is 2.43. The van der Waals surface area contributed by atoms with Crippen molar-refractivity contribution in [3.63, 3.8) is 0 Å². The molecule has 0 unspecified atom stereocenters. The fourth-order valence-corrected chi connectivity index (χ4v) is 8.72. The molecule has 2 heteroatoms. The van der Waals surface area contributed by atoms with Crippen molar-refractivity contribution in [2.24, 2.45) is 0 Å². The van der Waals surface area contributed by atoms with E-state index in [0.717, 1.165) is 11.4 Å². The quantitative estimate of drug-likeness (QED) is 0.169. The van der Waals surface area contributed by atoms with Crippen LogP contribution in [0.3, 0.4) is 0 Å². The van der Waals surface area contributed by atoms with Crippen molar-refractivity contribution in [1.29, 1.82) is 0 Å². The average Bonchev–Trinajstić information content (AvgIpc) is 3.61. The normalized spacial score (nSPS) is 11.5. The Hall–Kier alpha value is -6.48. The molecule has 0 N–H and O–H groups in total. The van der Waals surface area contributed by atoms with Gasteiger partial charge in [-0.15, -0.1) is 11.3 Å². The molecule has 0 bridgehead atoms. The van der Waals surface area contributed by atoms with Gasteiger partial charge in [0.25, 0.3) is 0 Å². The van der Waals surface area contributed by atoms with Gasteiger partial charge in [-0.1, -0.05) is 140 Å². The van der Waals surface area contributed by atoms with Crippen molar-refractivity contribution in [1.82, 2.24) is 0 Å². The van der Waals surface area contributed by atoms with Gasteiger partial charge < -0.3 is 4.90 Å². The van der Waals surface area contributed by atoms with E-state index in [4.69, 9.17) is 0 Å². The zero-order chi connectivity index (χ0) is 34.4. The van der Waals surface area contributed by atoms with Gasteiger partial charge in [0.2, 0.25) is 0 Å². The van der Waals surface area contributed by atoms with E-state index in [1.165, 1.54) is 80.8 Å². The van der Waals surface area contributed by atoms with Gasteiger partial charge in [-0.05, 0) is 116 Å². The van der Waals surface area contributed by atoms with Crippen LogP contribution in [0, 0.1) is 0 Å². The van der Waals surface area contributed by atoms with Crippen LogP contribution in [0.2, 0.25) is 0 Å². The highest BCUT2D eigenvalue weighted by atomic mass is 32.1. The molecule has 10 aromatic rings. The number of fused-ring (bicyclic) bond motifs is 5. The van der Waals surface area contributed by atoms with E-state index in [1.807, 2.05) is 11.3 Å². The Kier molecular flexibility index (Phi) is 7.41. The molecule has 0 amide bonds. The average molecular weight is 680 g/mol. The third-order valence-electron chi connectivity index (χ3n) is 10.2. The Labute approximate surface area is 307 Å². The third kappa shape index (κ3) is 5.42. The summed E-state index contributed by atoms with van der Waals surface area (Å²) in [5, 5.41) is 7.51. The molecule has 1 aromatic heterocycles. The van der Waals surface area contributed by atoms with Crippen LogP contribution in [0.4, 0.5) is 17.1 Å². The van der Waals surface area contributed by atoms with Crippen LogP contribution >= 0.6 is 11.3 Å². The summed E-state index contributed by atoms with van der Waals surface area (Å²) in [6, 6.07) is 73.0. The molecule has 52 heavy (non-hydrogen) atoms. The number of benzene rings is 9. The zero-order valence-electron chi connectivity index (χ0n) is 28.4. The van der Waals surface area contributed by atoms with Crippen molar-refractivity contribution in [3.05, 3.63) is 200 Å². The number of hydrogen-bond acceptors (Lipinski definition) is 2. The molecule has 1 nitrogen and oxygen atoms in total. The van der Waals surface area contributed by atoms with Gasteiger partial charge in [-0.2, -0.15) is 0 Å². The highest BCUT2D eigenvalue weighted by molar-refractivity contribution is 7.26. The molecular weight excluding hydrogens is 647 g/mol. The van der Waals surface area contributed by atoms with E-state index < -0.39 is 0 Å². The summed E-state index contributed by atoms with van der Waals surface area (Å²) >= 11 is 1.86. The van der Waals surface area contributed by atoms with Crippen LogP contribution in [-0.4, -0.2) is 0 Å². The molecule has 1 heterocycles. The fourth-order valence-electron chi connectivity index (χ4n) is 7.59. The van der Waals surface area contributed by atoms with Gasteiger partial charge in [-0.25, -0.2) is 0 Å². The Morgan fingerprint density at radius 2 is 0.808 bits per heavy atom. The first-order chi connectivity index (χ1) is 25.7. The number of nitrogens with zero attached hydrogens (tertiary/aromatic N) is 1. The van der Waals surface area contributed by atoms with Gasteiger partial charge in [0.1, 0.15) is 0 Å². The maximum absolute atomic E-state index is 2.43. The standard InChI is InChI=1S/C50H33NS/c1-3-10-34(11-4-1)36-24-27-44(28-25-36)51(47-15-9-17-49-50(47)46-14-7-8-16-48(46)52-49)45-29-26-41-30-39(22-23-42(41)33-45)40-21-19-37-18-20-38(31-43(37)32-40)35-12-5-2-6-13-35/h1-33H. The van der Waals surface area contributed by atoms with Gasteiger partial charge in [0.05, 0.1) is 5.69 Å². The first-order valence-electron chi connectivity index (χ1n) is 17.7. The molecular formula is C50H33NS. The van der Waals surface area contributed by atoms with Gasteiger partial charge in [-0.3, -0.25) is 0 Å². The number of thiophene rings is 1. The second-order valence-corrected chi connectivity index (χ2v) is 14.5. The third-order valence-corrected chi connectivity index (χ3v) is 11.4. The first kappa shape index (κ1) is 30.4. The zero-order valence-corrected chi connectivity index (χ0v) is 29.2. The number of hydrogen-bond donors (Lipinski definition) is 0. The van der Waals surface area contributed by atoms with Gasteiger partial charge >= 0.3 is 0 Å². The summed E-state index contributed by atoms with van der Waals surface area (Å²) in [6.45, 7) is 0. The smallest absolute Gasteiger partial charge is 0.0554 e. The molecule has 0 saturated carbocycles. The van der Waals surface area contributed by atoms with Crippen molar-refractivity contribution in [3.8, 4) is 33.4 Å². The van der Waals surface area contributed by atoms with E-state index in [1.54, 1.807) is 0 Å². The minimum Gasteiger partial charge on any atom is -0.310 e. The van der Waals surface area contributed by atoms with Crippen molar-refractivity contribution >= 4 is 70.1 Å². The first-order valence-corrected chi connectivity index (χ1v) is 18.6. The molecule has 10 rings (SSSR count). The molecule has 0 spiro atoms. The second kappa shape index (κ2) is 12.7. The molecule has 9 aromatic carbocycles. The molecule has 0 aliphatic heterocycles. The van der Waals surface area contributed by atoms with Gasteiger partial charge in [0, 0.05) is 31.5 Å². The van der Waals surface area contributed by atoms with Crippen LogP contribution in [-0.2, 0) is 0 Å². The van der Waals surface area contributed by atoms with Crippen molar-refractivity contribution in [2.45, 2.75) is 0 Å². The lowest BCUT2D eigenvalue weighted by molar-refractivity contribution is 1.31. The summed E-state index contributed by atoms with van der Waals surface area (Å²) in [7, 11) is 0. The van der Waals surface area contributed by atoms with E-state index in [0.29, 0.717) is 0 Å². The lowest BCUT2D eigenvalue weighted by Crippen LogP contribution is -2.10. The second-order valence-electron chi connectivity index (χ2n) is 13.4. The minimum absolute atomic E-state index is 1.13.